The van der Waals surface area contributed by atoms with Gasteiger partial charge < -0.3 is 10.1 Å². The second-order valence-electron chi connectivity index (χ2n) is 5.92. The van der Waals surface area contributed by atoms with Crippen molar-refractivity contribution in [3.8, 4) is 17.0 Å². The van der Waals surface area contributed by atoms with E-state index in [0.717, 1.165) is 16.8 Å². The average Bonchev–Trinajstić information content (AvgIpc) is 3.15. The van der Waals surface area contributed by atoms with Crippen molar-refractivity contribution in [2.75, 3.05) is 11.9 Å². The molecule has 29 heavy (non-hydrogen) atoms. The lowest BCUT2D eigenvalue weighted by Crippen LogP contribution is -2.37. The predicted molar refractivity (Wildman–Crippen MR) is 115 cm³/mol. The Labute approximate surface area is 175 Å². The Kier molecular flexibility index (Phi) is 6.47. The van der Waals surface area contributed by atoms with Crippen LogP contribution in [0.1, 0.15) is 5.56 Å². The first-order valence-corrected chi connectivity index (χ1v) is 9.71. The molecule has 148 valence electrons. The monoisotopic (exact) mass is 428 g/mol. The van der Waals surface area contributed by atoms with Gasteiger partial charge in [-0.15, -0.1) is 11.3 Å². The van der Waals surface area contributed by atoms with Gasteiger partial charge in [-0.2, -0.15) is 0 Å². The maximum atomic E-state index is 12.0. The molecular weight excluding hydrogens is 412 g/mol. The molecular formula is C19H16N4O4S2. The van der Waals surface area contributed by atoms with Crippen LogP contribution >= 0.6 is 23.6 Å². The van der Waals surface area contributed by atoms with E-state index in [2.05, 4.69) is 15.6 Å². The number of nitrogens with zero attached hydrogens (tertiary/aromatic N) is 2. The van der Waals surface area contributed by atoms with Crippen LogP contribution in [0, 0.1) is 17.0 Å². The number of para-hydroxylation sites is 2. The number of ether oxygens (including phenoxy) is 1. The standard InChI is InChI=1S/C19H16N4O4S2/c1-12-6-8-13(9-7-12)14-11-29-19(20-14)22-18(28)21-17(24)10-27-16-5-3-2-4-15(16)23(25)26/h2-9,11H,10H2,1H3,(H2,20,21,22,24,28). The summed E-state index contributed by atoms with van der Waals surface area (Å²) in [6.45, 7) is 1.60. The SMILES string of the molecule is Cc1ccc(-c2csc(NC(=S)NC(=O)COc3ccccc3[N+](=O)[O-])n2)cc1. The van der Waals surface area contributed by atoms with E-state index in [1.807, 2.05) is 36.6 Å². The number of aromatic nitrogens is 1. The number of carbonyl (C=O) groups is 1. The Balaban J connectivity index is 1.53. The number of nitro groups is 1. The average molecular weight is 428 g/mol. The second-order valence-corrected chi connectivity index (χ2v) is 7.19. The largest absolute Gasteiger partial charge is 0.477 e. The van der Waals surface area contributed by atoms with Crippen LogP contribution in [-0.4, -0.2) is 27.5 Å². The van der Waals surface area contributed by atoms with Crippen molar-refractivity contribution < 1.29 is 14.5 Å². The molecule has 10 heteroatoms. The summed E-state index contributed by atoms with van der Waals surface area (Å²) >= 11 is 6.47. The number of anilines is 1. The van der Waals surface area contributed by atoms with Crippen molar-refractivity contribution in [2.24, 2.45) is 0 Å². The Morgan fingerprint density at radius 2 is 1.97 bits per heavy atom. The van der Waals surface area contributed by atoms with Gasteiger partial charge in [-0.1, -0.05) is 42.0 Å². The third-order valence-electron chi connectivity index (χ3n) is 3.75. The van der Waals surface area contributed by atoms with Crippen LogP contribution in [0.5, 0.6) is 5.75 Å². The zero-order valence-electron chi connectivity index (χ0n) is 15.2. The van der Waals surface area contributed by atoms with Crippen LogP contribution in [0.15, 0.2) is 53.9 Å². The van der Waals surface area contributed by atoms with Gasteiger partial charge in [0.1, 0.15) is 0 Å². The minimum Gasteiger partial charge on any atom is -0.477 e. The number of rotatable bonds is 6. The van der Waals surface area contributed by atoms with Crippen LogP contribution in [0.3, 0.4) is 0 Å². The summed E-state index contributed by atoms with van der Waals surface area (Å²) in [5.41, 5.74) is 2.72. The fraction of sp³-hybridized carbons (Fsp3) is 0.105. The second kappa shape index (κ2) is 9.22. The molecule has 0 aliphatic rings. The molecule has 0 saturated carbocycles. The van der Waals surface area contributed by atoms with E-state index in [0.29, 0.717) is 5.13 Å². The highest BCUT2D eigenvalue weighted by atomic mass is 32.1. The predicted octanol–water partition coefficient (Wildman–Crippen LogP) is 3.92. The van der Waals surface area contributed by atoms with E-state index < -0.39 is 17.4 Å². The lowest BCUT2D eigenvalue weighted by atomic mass is 10.1. The number of aryl methyl sites for hydroxylation is 1. The Hall–Kier alpha value is -3.37. The first-order chi connectivity index (χ1) is 13.9. The van der Waals surface area contributed by atoms with Gasteiger partial charge in [-0.3, -0.25) is 20.2 Å². The van der Waals surface area contributed by atoms with E-state index in [1.54, 1.807) is 6.07 Å². The van der Waals surface area contributed by atoms with Crippen molar-refractivity contribution in [3.63, 3.8) is 0 Å². The summed E-state index contributed by atoms with van der Waals surface area (Å²) in [7, 11) is 0. The summed E-state index contributed by atoms with van der Waals surface area (Å²) in [5, 5.41) is 18.7. The number of benzene rings is 2. The third-order valence-corrected chi connectivity index (χ3v) is 4.71. The molecule has 0 aliphatic carbocycles. The molecule has 0 atom stereocenters. The van der Waals surface area contributed by atoms with E-state index in [-0.39, 0.29) is 16.5 Å². The van der Waals surface area contributed by atoms with Crippen molar-refractivity contribution in [1.82, 2.24) is 10.3 Å². The third kappa shape index (κ3) is 5.56. The van der Waals surface area contributed by atoms with E-state index in [1.165, 1.54) is 29.5 Å². The maximum Gasteiger partial charge on any atom is 0.310 e. The van der Waals surface area contributed by atoms with Gasteiger partial charge in [0.2, 0.25) is 0 Å². The minimum atomic E-state index is -0.576. The number of thiazole rings is 1. The van der Waals surface area contributed by atoms with Crippen molar-refractivity contribution in [2.45, 2.75) is 6.92 Å². The Morgan fingerprint density at radius 1 is 1.24 bits per heavy atom. The molecule has 8 nitrogen and oxygen atoms in total. The fourth-order valence-electron chi connectivity index (χ4n) is 2.35. The number of thiocarbonyl (C=S) groups is 1. The lowest BCUT2D eigenvalue weighted by Gasteiger charge is -2.09. The van der Waals surface area contributed by atoms with Crippen LogP contribution in [0.4, 0.5) is 10.8 Å². The molecule has 0 bridgehead atoms. The Morgan fingerprint density at radius 3 is 2.69 bits per heavy atom. The highest BCUT2D eigenvalue weighted by Gasteiger charge is 2.15. The van der Waals surface area contributed by atoms with Gasteiger partial charge >= 0.3 is 5.69 Å². The molecule has 0 fully saturated rings. The molecule has 0 unspecified atom stereocenters. The summed E-state index contributed by atoms with van der Waals surface area (Å²) in [6, 6.07) is 13.8. The Bertz CT molecular complexity index is 1050. The summed E-state index contributed by atoms with van der Waals surface area (Å²) in [6.07, 6.45) is 0. The number of nitro benzene ring substituents is 1. The number of amides is 1. The first-order valence-electron chi connectivity index (χ1n) is 8.42. The topological polar surface area (TPSA) is 106 Å². The summed E-state index contributed by atoms with van der Waals surface area (Å²) in [5.74, 6) is -0.537. The molecule has 1 amide bonds. The molecule has 0 spiro atoms. The first kappa shape index (κ1) is 20.4. The van der Waals surface area contributed by atoms with Gasteiger partial charge in [-0.05, 0) is 25.2 Å². The van der Waals surface area contributed by atoms with Crippen molar-refractivity contribution in [3.05, 3.63) is 69.6 Å². The molecule has 0 aliphatic heterocycles. The highest BCUT2D eigenvalue weighted by molar-refractivity contribution is 7.80. The smallest absolute Gasteiger partial charge is 0.310 e. The van der Waals surface area contributed by atoms with Crippen molar-refractivity contribution in [1.29, 1.82) is 0 Å². The fourth-order valence-corrected chi connectivity index (χ4v) is 3.35. The van der Waals surface area contributed by atoms with Crippen molar-refractivity contribution >= 4 is 45.4 Å². The molecule has 3 aromatic rings. The summed E-state index contributed by atoms with van der Waals surface area (Å²) < 4.78 is 5.23. The van der Waals surface area contributed by atoms with E-state index in [4.69, 9.17) is 17.0 Å². The molecule has 0 saturated heterocycles. The molecule has 1 aromatic heterocycles. The zero-order valence-corrected chi connectivity index (χ0v) is 16.9. The van der Waals surface area contributed by atoms with Gasteiger partial charge in [0, 0.05) is 17.0 Å². The number of carbonyl (C=O) groups excluding carboxylic acids is 1. The van der Waals surface area contributed by atoms with Gasteiger partial charge in [0.15, 0.2) is 22.6 Å². The lowest BCUT2D eigenvalue weighted by molar-refractivity contribution is -0.385. The molecule has 0 radical (unpaired) electrons. The van der Waals surface area contributed by atoms with E-state index >= 15 is 0 Å². The molecule has 2 N–H and O–H groups in total. The van der Waals surface area contributed by atoms with Crippen LogP contribution in [0.25, 0.3) is 11.3 Å². The normalized spacial score (nSPS) is 10.2. The number of nitrogens with one attached hydrogen (secondary N) is 2. The van der Waals surface area contributed by atoms with Crippen LogP contribution in [-0.2, 0) is 4.79 Å². The molecule has 3 rings (SSSR count). The quantitative estimate of drug-likeness (QED) is 0.348. The zero-order chi connectivity index (χ0) is 20.8. The summed E-state index contributed by atoms with van der Waals surface area (Å²) in [4.78, 5) is 26.8. The van der Waals surface area contributed by atoms with Crippen LogP contribution in [0.2, 0.25) is 0 Å². The number of hydrogen-bond acceptors (Lipinski definition) is 7. The van der Waals surface area contributed by atoms with Gasteiger partial charge in [-0.25, -0.2) is 4.98 Å². The van der Waals surface area contributed by atoms with Gasteiger partial charge in [0.25, 0.3) is 5.91 Å². The van der Waals surface area contributed by atoms with E-state index in [9.17, 15) is 14.9 Å². The van der Waals surface area contributed by atoms with Gasteiger partial charge in [0.05, 0.1) is 10.6 Å². The number of hydrogen-bond donors (Lipinski definition) is 2. The molecule has 1 heterocycles. The van der Waals surface area contributed by atoms with Crippen LogP contribution < -0.4 is 15.4 Å². The maximum absolute atomic E-state index is 12.0. The highest BCUT2D eigenvalue weighted by Crippen LogP contribution is 2.26. The molecule has 2 aromatic carbocycles. The minimum absolute atomic E-state index is 0.00851.